The van der Waals surface area contributed by atoms with Crippen molar-refractivity contribution in [1.29, 1.82) is 0 Å². The second-order valence-corrected chi connectivity index (χ2v) is 4.85. The lowest BCUT2D eigenvalue weighted by Gasteiger charge is -2.35. The number of phenolic OH excluding ortho intramolecular Hbond substituents is 1. The molecule has 1 aromatic carbocycles. The number of methoxy groups -OCH3 is 1. The van der Waals surface area contributed by atoms with Gasteiger partial charge < -0.3 is 9.84 Å². The summed E-state index contributed by atoms with van der Waals surface area (Å²) in [6.45, 7) is 3.84. The molecule has 1 aromatic rings. The van der Waals surface area contributed by atoms with Crippen LogP contribution >= 0.6 is 0 Å². The van der Waals surface area contributed by atoms with Gasteiger partial charge in [0.15, 0.2) is 0 Å². The normalized spacial score (nSPS) is 19.9. The largest absolute Gasteiger partial charge is 0.508 e. The van der Waals surface area contributed by atoms with Crippen LogP contribution in [0.4, 0.5) is 4.39 Å². The smallest absolute Gasteiger partial charge is 0.131 e. The average Bonchev–Trinajstić information content (AvgIpc) is 2.38. The lowest BCUT2D eigenvalue weighted by molar-refractivity contribution is 0.0290. The summed E-state index contributed by atoms with van der Waals surface area (Å²) in [5, 5.41) is 9.23. The van der Waals surface area contributed by atoms with Gasteiger partial charge in [-0.2, -0.15) is 0 Å². The summed E-state index contributed by atoms with van der Waals surface area (Å²) in [5.41, 5.74) is 0.642. The van der Waals surface area contributed by atoms with E-state index in [-0.39, 0.29) is 17.6 Å². The molecular formula is C14H20FNO2. The van der Waals surface area contributed by atoms with Gasteiger partial charge in [-0.15, -0.1) is 0 Å². The van der Waals surface area contributed by atoms with E-state index < -0.39 is 0 Å². The van der Waals surface area contributed by atoms with Crippen molar-refractivity contribution in [2.24, 2.45) is 0 Å². The van der Waals surface area contributed by atoms with E-state index in [1.807, 2.05) is 6.92 Å². The Morgan fingerprint density at radius 2 is 2.06 bits per heavy atom. The van der Waals surface area contributed by atoms with Crippen molar-refractivity contribution in [2.75, 3.05) is 20.2 Å². The number of halogens is 1. The van der Waals surface area contributed by atoms with Gasteiger partial charge in [-0.05, 0) is 25.8 Å². The summed E-state index contributed by atoms with van der Waals surface area (Å²) in [5.74, 6) is -0.363. The first-order chi connectivity index (χ1) is 8.61. The predicted molar refractivity (Wildman–Crippen MR) is 68.1 cm³/mol. The van der Waals surface area contributed by atoms with E-state index in [0.717, 1.165) is 25.9 Å². The molecule has 100 valence electrons. The Bertz CT molecular complexity index is 403. The van der Waals surface area contributed by atoms with Crippen LogP contribution in [0.25, 0.3) is 0 Å². The van der Waals surface area contributed by atoms with Gasteiger partial charge in [0.05, 0.1) is 6.10 Å². The number of phenols is 1. The molecule has 1 fully saturated rings. The molecule has 1 heterocycles. The van der Waals surface area contributed by atoms with Gasteiger partial charge in [0, 0.05) is 37.9 Å². The molecular weight excluding hydrogens is 233 g/mol. The molecule has 0 spiro atoms. The van der Waals surface area contributed by atoms with Crippen molar-refractivity contribution in [3.05, 3.63) is 29.6 Å². The van der Waals surface area contributed by atoms with E-state index in [2.05, 4.69) is 4.90 Å². The fourth-order valence-electron chi connectivity index (χ4n) is 2.55. The van der Waals surface area contributed by atoms with Crippen molar-refractivity contribution in [1.82, 2.24) is 4.90 Å². The number of nitrogens with zero attached hydrogens (tertiary/aromatic N) is 1. The van der Waals surface area contributed by atoms with E-state index in [1.54, 1.807) is 13.2 Å². The molecule has 0 amide bonds. The standard InChI is InChI=1S/C14H20FNO2/c1-10(13-4-3-11(17)9-14(13)15)16-7-5-12(18-2)6-8-16/h3-4,9-10,12,17H,5-8H2,1-2H3. The molecule has 1 atom stereocenters. The topological polar surface area (TPSA) is 32.7 Å². The quantitative estimate of drug-likeness (QED) is 0.899. The van der Waals surface area contributed by atoms with Crippen LogP contribution in [-0.4, -0.2) is 36.3 Å². The fraction of sp³-hybridized carbons (Fsp3) is 0.571. The van der Waals surface area contributed by atoms with Crippen molar-refractivity contribution in [3.8, 4) is 5.75 Å². The molecule has 1 N–H and O–H groups in total. The first-order valence-corrected chi connectivity index (χ1v) is 6.37. The molecule has 1 unspecified atom stereocenters. The Balaban J connectivity index is 2.05. The number of ether oxygens (including phenoxy) is 1. The molecule has 0 aliphatic carbocycles. The molecule has 0 aromatic heterocycles. The molecule has 0 saturated carbocycles. The number of piperidine rings is 1. The summed E-state index contributed by atoms with van der Waals surface area (Å²) >= 11 is 0. The lowest BCUT2D eigenvalue weighted by atomic mass is 10.0. The van der Waals surface area contributed by atoms with Crippen molar-refractivity contribution < 1.29 is 14.2 Å². The van der Waals surface area contributed by atoms with E-state index in [1.165, 1.54) is 12.1 Å². The minimum atomic E-state index is -0.337. The van der Waals surface area contributed by atoms with Crippen molar-refractivity contribution in [2.45, 2.75) is 31.9 Å². The van der Waals surface area contributed by atoms with Crippen LogP contribution in [0.2, 0.25) is 0 Å². The number of hydrogen-bond acceptors (Lipinski definition) is 3. The molecule has 18 heavy (non-hydrogen) atoms. The van der Waals surface area contributed by atoms with Crippen LogP contribution in [0.1, 0.15) is 31.4 Å². The molecule has 4 heteroatoms. The zero-order chi connectivity index (χ0) is 13.1. The highest BCUT2D eigenvalue weighted by atomic mass is 19.1. The van der Waals surface area contributed by atoms with Gasteiger partial charge in [-0.25, -0.2) is 4.39 Å². The zero-order valence-corrected chi connectivity index (χ0v) is 10.9. The summed E-state index contributed by atoms with van der Waals surface area (Å²) < 4.78 is 19.1. The molecule has 3 nitrogen and oxygen atoms in total. The molecule has 2 rings (SSSR count). The highest BCUT2D eigenvalue weighted by Gasteiger charge is 2.24. The second-order valence-electron chi connectivity index (χ2n) is 4.85. The van der Waals surface area contributed by atoms with Crippen LogP contribution < -0.4 is 0 Å². The van der Waals surface area contributed by atoms with Crippen LogP contribution in [0.5, 0.6) is 5.75 Å². The Hall–Kier alpha value is -1.13. The van der Waals surface area contributed by atoms with E-state index in [0.29, 0.717) is 11.7 Å². The van der Waals surface area contributed by atoms with Gasteiger partial charge >= 0.3 is 0 Å². The van der Waals surface area contributed by atoms with Crippen LogP contribution in [0, 0.1) is 5.82 Å². The highest BCUT2D eigenvalue weighted by molar-refractivity contribution is 5.29. The third-order valence-electron chi connectivity index (χ3n) is 3.79. The third kappa shape index (κ3) is 2.82. The monoisotopic (exact) mass is 253 g/mol. The number of aromatic hydroxyl groups is 1. The van der Waals surface area contributed by atoms with Gasteiger partial charge in [-0.1, -0.05) is 6.07 Å². The highest BCUT2D eigenvalue weighted by Crippen LogP contribution is 2.28. The number of likely N-dealkylation sites (tertiary alicyclic amines) is 1. The minimum Gasteiger partial charge on any atom is -0.508 e. The SMILES string of the molecule is COC1CCN(C(C)c2ccc(O)cc2F)CC1. The summed E-state index contributed by atoms with van der Waals surface area (Å²) in [6.07, 6.45) is 2.30. The molecule has 1 aliphatic rings. The summed E-state index contributed by atoms with van der Waals surface area (Å²) in [4.78, 5) is 2.25. The first-order valence-electron chi connectivity index (χ1n) is 6.37. The zero-order valence-electron chi connectivity index (χ0n) is 10.9. The fourth-order valence-corrected chi connectivity index (χ4v) is 2.55. The summed E-state index contributed by atoms with van der Waals surface area (Å²) in [6, 6.07) is 4.41. The molecule has 1 aliphatic heterocycles. The molecule has 0 bridgehead atoms. The third-order valence-corrected chi connectivity index (χ3v) is 3.79. The first kappa shape index (κ1) is 13.3. The van der Waals surface area contributed by atoms with Gasteiger partial charge in [0.2, 0.25) is 0 Å². The van der Waals surface area contributed by atoms with E-state index in [9.17, 15) is 9.50 Å². The van der Waals surface area contributed by atoms with Crippen molar-refractivity contribution in [3.63, 3.8) is 0 Å². The van der Waals surface area contributed by atoms with Gasteiger partial charge in [0.1, 0.15) is 11.6 Å². The number of hydrogen-bond donors (Lipinski definition) is 1. The van der Waals surface area contributed by atoms with Gasteiger partial charge in [-0.3, -0.25) is 4.90 Å². The Labute approximate surface area is 107 Å². The second kappa shape index (κ2) is 5.67. The van der Waals surface area contributed by atoms with E-state index >= 15 is 0 Å². The number of rotatable bonds is 3. The van der Waals surface area contributed by atoms with Crippen molar-refractivity contribution >= 4 is 0 Å². The minimum absolute atomic E-state index is 0.0264. The van der Waals surface area contributed by atoms with Gasteiger partial charge in [0.25, 0.3) is 0 Å². The van der Waals surface area contributed by atoms with E-state index in [4.69, 9.17) is 4.74 Å². The Kier molecular flexibility index (Phi) is 4.19. The predicted octanol–water partition coefficient (Wildman–Crippen LogP) is 2.70. The maximum Gasteiger partial charge on any atom is 0.131 e. The van der Waals surface area contributed by atoms with Crippen LogP contribution in [-0.2, 0) is 4.74 Å². The Morgan fingerprint density at radius 1 is 1.39 bits per heavy atom. The lowest BCUT2D eigenvalue weighted by Crippen LogP contribution is -2.38. The number of benzene rings is 1. The average molecular weight is 253 g/mol. The maximum absolute atomic E-state index is 13.8. The van der Waals surface area contributed by atoms with Crippen LogP contribution in [0.3, 0.4) is 0 Å². The summed E-state index contributed by atoms with van der Waals surface area (Å²) in [7, 11) is 1.74. The molecule has 0 radical (unpaired) electrons. The maximum atomic E-state index is 13.8. The molecule has 1 saturated heterocycles. The van der Waals surface area contributed by atoms with Crippen LogP contribution in [0.15, 0.2) is 18.2 Å². The Morgan fingerprint density at radius 3 is 2.61 bits per heavy atom.